The van der Waals surface area contributed by atoms with Gasteiger partial charge in [-0.1, -0.05) is 36.4 Å². The third-order valence-corrected chi connectivity index (χ3v) is 6.94. The third kappa shape index (κ3) is 6.21. The van der Waals surface area contributed by atoms with Gasteiger partial charge >= 0.3 is 0 Å². The van der Waals surface area contributed by atoms with Crippen LogP contribution < -0.4 is 19.7 Å². The number of hydrogen-bond acceptors (Lipinski definition) is 5. The Morgan fingerprint density at radius 3 is 2.29 bits per heavy atom. The molecule has 0 fully saturated rings. The van der Waals surface area contributed by atoms with Gasteiger partial charge in [0.1, 0.15) is 5.75 Å². The third-order valence-electron chi connectivity index (χ3n) is 4.82. The highest BCUT2D eigenvalue weighted by Crippen LogP contribution is 2.24. The fraction of sp³-hybridized carbons (Fsp3) is 0.120. The maximum atomic E-state index is 13.1. The molecule has 34 heavy (non-hydrogen) atoms. The predicted molar refractivity (Wildman–Crippen MR) is 139 cm³/mol. The van der Waals surface area contributed by atoms with E-state index in [0.717, 1.165) is 5.56 Å². The average molecular weight is 496 g/mol. The largest absolute Gasteiger partial charge is 0.496 e. The summed E-state index contributed by atoms with van der Waals surface area (Å²) in [5.41, 5.74) is 1.89. The van der Waals surface area contributed by atoms with E-state index in [1.807, 2.05) is 24.3 Å². The van der Waals surface area contributed by atoms with E-state index in [9.17, 15) is 13.2 Å². The fourth-order valence-electron chi connectivity index (χ4n) is 3.21. The van der Waals surface area contributed by atoms with E-state index in [-0.39, 0.29) is 10.0 Å². The lowest BCUT2D eigenvalue weighted by molar-refractivity contribution is -0.115. The van der Waals surface area contributed by atoms with Crippen molar-refractivity contribution in [1.29, 1.82) is 0 Å². The van der Waals surface area contributed by atoms with Gasteiger partial charge in [-0.2, -0.15) is 0 Å². The monoisotopic (exact) mass is 495 g/mol. The molecule has 9 heteroatoms. The van der Waals surface area contributed by atoms with Crippen LogP contribution >= 0.6 is 12.2 Å². The molecule has 0 atom stereocenters. The number of ether oxygens (including phenoxy) is 1. The molecular formula is C25H25N3O4S2. The van der Waals surface area contributed by atoms with Gasteiger partial charge in [-0.05, 0) is 67.7 Å². The molecule has 3 aromatic rings. The van der Waals surface area contributed by atoms with Crippen molar-refractivity contribution < 1.29 is 17.9 Å². The first-order valence-corrected chi connectivity index (χ1v) is 12.3. The second-order valence-corrected chi connectivity index (χ2v) is 9.32. The van der Waals surface area contributed by atoms with Gasteiger partial charge in [0.25, 0.3) is 10.0 Å². The van der Waals surface area contributed by atoms with Crippen molar-refractivity contribution in [1.82, 2.24) is 5.32 Å². The second kappa shape index (κ2) is 11.4. The molecule has 1 amide bonds. The van der Waals surface area contributed by atoms with Crippen LogP contribution in [0.5, 0.6) is 5.75 Å². The van der Waals surface area contributed by atoms with Crippen LogP contribution in [0.3, 0.4) is 0 Å². The number of amides is 1. The number of nitrogens with zero attached hydrogens (tertiary/aromatic N) is 1. The summed E-state index contributed by atoms with van der Waals surface area (Å²) in [6.45, 7) is 2.08. The van der Waals surface area contributed by atoms with E-state index in [4.69, 9.17) is 17.0 Å². The van der Waals surface area contributed by atoms with Gasteiger partial charge in [-0.25, -0.2) is 8.42 Å². The zero-order valence-corrected chi connectivity index (χ0v) is 20.4. The summed E-state index contributed by atoms with van der Waals surface area (Å²) in [4.78, 5) is 12.3. The van der Waals surface area contributed by atoms with E-state index in [2.05, 4.69) is 10.6 Å². The van der Waals surface area contributed by atoms with Crippen molar-refractivity contribution in [3.8, 4) is 5.75 Å². The van der Waals surface area contributed by atoms with E-state index < -0.39 is 15.9 Å². The predicted octanol–water partition coefficient (Wildman–Crippen LogP) is 4.44. The summed E-state index contributed by atoms with van der Waals surface area (Å²) < 4.78 is 32.8. The molecule has 0 aromatic heterocycles. The number of benzene rings is 3. The standard InChI is InChI=1S/C25H25N3O4S2/c1-3-28(21-10-5-4-6-11-21)34(30,31)22-16-14-20(15-17-22)26-25(33)27-24(29)18-13-19-9-7-8-12-23(19)32-2/h4-18H,3H2,1-2H3,(H2,26,27,29,33)/b18-13+. The molecule has 0 unspecified atom stereocenters. The lowest BCUT2D eigenvalue weighted by Crippen LogP contribution is -2.33. The number of thiocarbonyl (C=S) groups is 1. The Bertz CT molecular complexity index is 1280. The SMILES string of the molecule is CCN(c1ccccc1)S(=O)(=O)c1ccc(NC(=S)NC(=O)/C=C/c2ccccc2OC)cc1. The summed E-state index contributed by atoms with van der Waals surface area (Å²) in [7, 11) is -2.17. The highest BCUT2D eigenvalue weighted by Gasteiger charge is 2.23. The van der Waals surface area contributed by atoms with Crippen LogP contribution in [-0.4, -0.2) is 33.1 Å². The summed E-state index contributed by atoms with van der Waals surface area (Å²) in [5.74, 6) is 0.236. The number of para-hydroxylation sites is 2. The molecule has 3 aromatic carbocycles. The highest BCUT2D eigenvalue weighted by atomic mass is 32.2. The maximum absolute atomic E-state index is 13.1. The first-order valence-electron chi connectivity index (χ1n) is 10.5. The Kier molecular flexibility index (Phi) is 8.39. The van der Waals surface area contributed by atoms with Gasteiger partial charge in [0.15, 0.2) is 5.11 Å². The van der Waals surface area contributed by atoms with Gasteiger partial charge < -0.3 is 10.1 Å². The van der Waals surface area contributed by atoms with Crippen molar-refractivity contribution >= 4 is 50.7 Å². The van der Waals surface area contributed by atoms with E-state index in [0.29, 0.717) is 23.7 Å². The summed E-state index contributed by atoms with van der Waals surface area (Å²) in [5, 5.41) is 5.52. The van der Waals surface area contributed by atoms with Gasteiger partial charge in [-0.15, -0.1) is 0 Å². The van der Waals surface area contributed by atoms with Crippen molar-refractivity contribution in [3.05, 3.63) is 90.5 Å². The van der Waals surface area contributed by atoms with Crippen molar-refractivity contribution in [2.75, 3.05) is 23.3 Å². The molecule has 0 spiro atoms. The number of carbonyl (C=O) groups excluding carboxylic acids is 1. The van der Waals surface area contributed by atoms with E-state index in [1.54, 1.807) is 62.6 Å². The minimum atomic E-state index is -3.72. The van der Waals surface area contributed by atoms with Gasteiger partial charge in [0, 0.05) is 23.9 Å². The minimum absolute atomic E-state index is 0.0877. The summed E-state index contributed by atoms with van der Waals surface area (Å²) in [6, 6.07) is 22.4. The molecule has 0 aliphatic heterocycles. The van der Waals surface area contributed by atoms with Crippen LogP contribution in [0.1, 0.15) is 12.5 Å². The zero-order chi connectivity index (χ0) is 24.6. The lowest BCUT2D eigenvalue weighted by atomic mass is 10.2. The summed E-state index contributed by atoms with van der Waals surface area (Å²) in [6.07, 6.45) is 2.98. The van der Waals surface area contributed by atoms with Crippen LogP contribution in [0.15, 0.2) is 89.8 Å². The minimum Gasteiger partial charge on any atom is -0.496 e. The van der Waals surface area contributed by atoms with E-state index in [1.165, 1.54) is 22.5 Å². The Hall–Kier alpha value is -3.69. The number of rotatable bonds is 8. The van der Waals surface area contributed by atoms with Gasteiger partial charge in [0.05, 0.1) is 17.7 Å². The Labute approximate surface area is 205 Å². The first-order chi connectivity index (χ1) is 16.3. The molecule has 0 aliphatic rings. The first kappa shape index (κ1) is 24.9. The number of carbonyl (C=O) groups is 1. The number of anilines is 2. The lowest BCUT2D eigenvalue weighted by Gasteiger charge is -2.23. The van der Waals surface area contributed by atoms with Crippen LogP contribution in [-0.2, 0) is 14.8 Å². The average Bonchev–Trinajstić information content (AvgIpc) is 2.84. The Morgan fingerprint density at radius 2 is 1.65 bits per heavy atom. The van der Waals surface area contributed by atoms with Gasteiger partial charge in [-0.3, -0.25) is 14.4 Å². The Morgan fingerprint density at radius 1 is 1.00 bits per heavy atom. The van der Waals surface area contributed by atoms with Gasteiger partial charge in [0.2, 0.25) is 5.91 Å². The van der Waals surface area contributed by atoms with Crippen LogP contribution in [0.4, 0.5) is 11.4 Å². The molecule has 0 saturated heterocycles. The van der Waals surface area contributed by atoms with E-state index >= 15 is 0 Å². The number of hydrogen-bond donors (Lipinski definition) is 2. The topological polar surface area (TPSA) is 87.7 Å². The molecule has 0 aliphatic carbocycles. The molecule has 0 saturated carbocycles. The van der Waals surface area contributed by atoms with Crippen LogP contribution in [0.25, 0.3) is 6.08 Å². The maximum Gasteiger partial charge on any atom is 0.264 e. The smallest absolute Gasteiger partial charge is 0.264 e. The Balaban J connectivity index is 1.63. The quantitative estimate of drug-likeness (QED) is 0.355. The molecule has 176 valence electrons. The number of sulfonamides is 1. The van der Waals surface area contributed by atoms with Crippen molar-refractivity contribution in [2.24, 2.45) is 0 Å². The molecule has 0 radical (unpaired) electrons. The molecule has 0 bridgehead atoms. The molecular weight excluding hydrogens is 470 g/mol. The second-order valence-electron chi connectivity index (χ2n) is 7.05. The zero-order valence-electron chi connectivity index (χ0n) is 18.8. The van der Waals surface area contributed by atoms with Crippen molar-refractivity contribution in [2.45, 2.75) is 11.8 Å². The summed E-state index contributed by atoms with van der Waals surface area (Å²) >= 11 is 5.19. The van der Waals surface area contributed by atoms with Crippen LogP contribution in [0, 0.1) is 0 Å². The van der Waals surface area contributed by atoms with Crippen molar-refractivity contribution in [3.63, 3.8) is 0 Å². The van der Waals surface area contributed by atoms with Crippen LogP contribution in [0.2, 0.25) is 0 Å². The highest BCUT2D eigenvalue weighted by molar-refractivity contribution is 7.92. The molecule has 3 rings (SSSR count). The fourth-order valence-corrected chi connectivity index (χ4v) is 4.90. The number of nitrogens with one attached hydrogen (secondary N) is 2. The molecule has 2 N–H and O–H groups in total. The number of methoxy groups -OCH3 is 1. The normalized spacial score (nSPS) is 11.1. The molecule has 7 nitrogen and oxygen atoms in total. The molecule has 0 heterocycles.